The number of rotatable bonds is 4. The van der Waals surface area contributed by atoms with E-state index in [1.807, 2.05) is 13.8 Å². The van der Waals surface area contributed by atoms with E-state index in [-0.39, 0.29) is 23.1 Å². The first-order valence-electron chi connectivity index (χ1n) is 11.1. The highest BCUT2D eigenvalue weighted by Gasteiger charge is 2.36. The van der Waals surface area contributed by atoms with Crippen molar-refractivity contribution >= 4 is 23.2 Å². The van der Waals surface area contributed by atoms with Crippen LogP contribution in [0.3, 0.4) is 0 Å². The maximum atomic E-state index is 13.6. The molecule has 2 aliphatic rings. The number of nitrogens with zero attached hydrogens (tertiary/aromatic N) is 2. The Morgan fingerprint density at radius 1 is 0.917 bits per heavy atom. The highest BCUT2D eigenvalue weighted by atomic mass is 19.4. The van der Waals surface area contributed by atoms with E-state index in [4.69, 9.17) is 0 Å². The van der Waals surface area contributed by atoms with Crippen LogP contribution in [0.5, 0.6) is 0 Å². The average molecular weight is 507 g/mol. The third-order valence-electron chi connectivity index (χ3n) is 5.41. The van der Waals surface area contributed by atoms with E-state index in [1.165, 1.54) is 36.4 Å². The van der Waals surface area contributed by atoms with E-state index in [0.717, 1.165) is 18.2 Å². The summed E-state index contributed by atoms with van der Waals surface area (Å²) in [4.78, 5) is 8.89. The van der Waals surface area contributed by atoms with E-state index in [9.17, 15) is 26.3 Å². The second-order valence-corrected chi connectivity index (χ2v) is 8.69. The van der Waals surface area contributed by atoms with Gasteiger partial charge in [-0.05, 0) is 48.4 Å². The molecule has 4 rings (SSSR count). The van der Waals surface area contributed by atoms with Gasteiger partial charge in [0.05, 0.1) is 11.1 Å². The summed E-state index contributed by atoms with van der Waals surface area (Å²) >= 11 is 0. The first kappa shape index (κ1) is 25.3. The van der Waals surface area contributed by atoms with Crippen LogP contribution in [0.4, 0.5) is 32.0 Å². The monoisotopic (exact) mass is 507 g/mol. The van der Waals surface area contributed by atoms with Gasteiger partial charge in [0.25, 0.3) is 0 Å². The van der Waals surface area contributed by atoms with Crippen molar-refractivity contribution < 1.29 is 26.3 Å². The fourth-order valence-electron chi connectivity index (χ4n) is 3.67. The zero-order chi connectivity index (χ0) is 26.1. The number of benzene rings is 2. The molecule has 2 aromatic rings. The third-order valence-corrected chi connectivity index (χ3v) is 5.41. The summed E-state index contributed by atoms with van der Waals surface area (Å²) in [5.41, 5.74) is -0.394. The van der Waals surface area contributed by atoms with Gasteiger partial charge < -0.3 is 16.0 Å². The summed E-state index contributed by atoms with van der Waals surface area (Å²) in [6.45, 7) is 4.39. The Labute approximate surface area is 203 Å². The maximum absolute atomic E-state index is 13.6. The SMILES string of the molecule is CC(C)CN=C1N=C(Nc2ccc(C(F)(F)F)cc2)C2=CC=C(c3ccccc3C(F)(F)F)NC2N1. The summed E-state index contributed by atoms with van der Waals surface area (Å²) in [7, 11) is 0. The van der Waals surface area contributed by atoms with Crippen LogP contribution in [-0.2, 0) is 12.4 Å². The molecule has 1 unspecified atom stereocenters. The predicted molar refractivity (Wildman–Crippen MR) is 127 cm³/mol. The summed E-state index contributed by atoms with van der Waals surface area (Å²) < 4.78 is 79.5. The molecular formula is C25H23F6N5. The van der Waals surface area contributed by atoms with Gasteiger partial charge in [-0.1, -0.05) is 32.0 Å². The van der Waals surface area contributed by atoms with E-state index >= 15 is 0 Å². The molecule has 190 valence electrons. The summed E-state index contributed by atoms with van der Waals surface area (Å²) in [5, 5.41) is 9.17. The van der Waals surface area contributed by atoms with Crippen molar-refractivity contribution in [3.8, 4) is 0 Å². The molecule has 3 N–H and O–H groups in total. The standard InChI is InChI=1S/C25H23F6N5/c1-14(2)13-32-23-35-21(33-16-9-7-15(8-10-16)24(26,27)28)18-11-12-20(34-22(18)36-23)17-5-3-4-6-19(17)25(29,30)31/h3-12,14,22,34H,13H2,1-2H3,(H2,32,33,35,36). The fraction of sp³-hybridized carbons (Fsp3) is 0.280. The van der Waals surface area contributed by atoms with Gasteiger partial charge in [-0.3, -0.25) is 4.99 Å². The number of amidine groups is 1. The zero-order valence-electron chi connectivity index (χ0n) is 19.3. The number of hydrogen-bond acceptors (Lipinski definition) is 3. The minimum absolute atomic E-state index is 0.0115. The molecule has 2 aliphatic heterocycles. The zero-order valence-corrected chi connectivity index (χ0v) is 19.3. The number of fused-ring (bicyclic) bond motifs is 1. The molecule has 0 radical (unpaired) electrons. The smallest absolute Gasteiger partial charge is 0.361 e. The lowest BCUT2D eigenvalue weighted by atomic mass is 9.98. The highest BCUT2D eigenvalue weighted by molar-refractivity contribution is 6.16. The molecule has 0 amide bonds. The van der Waals surface area contributed by atoms with Crippen molar-refractivity contribution in [2.24, 2.45) is 15.9 Å². The van der Waals surface area contributed by atoms with E-state index in [2.05, 4.69) is 25.9 Å². The number of aliphatic imine (C=N–C) groups is 2. The van der Waals surface area contributed by atoms with E-state index in [1.54, 1.807) is 6.08 Å². The number of hydrogen-bond donors (Lipinski definition) is 3. The van der Waals surface area contributed by atoms with Crippen LogP contribution in [0.2, 0.25) is 0 Å². The fourth-order valence-corrected chi connectivity index (χ4v) is 3.67. The van der Waals surface area contributed by atoms with Crippen molar-refractivity contribution in [3.05, 3.63) is 82.9 Å². The molecule has 0 spiro atoms. The predicted octanol–water partition coefficient (Wildman–Crippen LogP) is 6.05. The van der Waals surface area contributed by atoms with Gasteiger partial charge in [-0.15, -0.1) is 0 Å². The molecule has 0 bridgehead atoms. The van der Waals surface area contributed by atoms with Crippen LogP contribution >= 0.6 is 0 Å². The first-order valence-corrected chi connectivity index (χ1v) is 11.1. The lowest BCUT2D eigenvalue weighted by Gasteiger charge is -2.33. The molecule has 0 aromatic heterocycles. The van der Waals surface area contributed by atoms with Gasteiger partial charge in [0.1, 0.15) is 12.0 Å². The molecule has 0 fully saturated rings. The largest absolute Gasteiger partial charge is 0.417 e. The van der Waals surface area contributed by atoms with Crippen LogP contribution in [0.1, 0.15) is 30.5 Å². The number of halogens is 6. The normalized spacial score (nSPS) is 19.1. The Kier molecular flexibility index (Phi) is 6.83. The molecule has 36 heavy (non-hydrogen) atoms. The van der Waals surface area contributed by atoms with Crippen LogP contribution < -0.4 is 16.0 Å². The average Bonchev–Trinajstić information content (AvgIpc) is 2.81. The maximum Gasteiger partial charge on any atom is 0.417 e. The lowest BCUT2D eigenvalue weighted by molar-refractivity contribution is -0.138. The molecule has 1 atom stereocenters. The molecule has 0 aliphatic carbocycles. The first-order chi connectivity index (χ1) is 16.9. The van der Waals surface area contributed by atoms with Crippen LogP contribution in [0, 0.1) is 5.92 Å². The van der Waals surface area contributed by atoms with Gasteiger partial charge in [-0.2, -0.15) is 31.3 Å². The van der Waals surface area contributed by atoms with Crippen molar-refractivity contribution in [1.29, 1.82) is 0 Å². The van der Waals surface area contributed by atoms with Crippen LogP contribution in [-0.4, -0.2) is 24.5 Å². The molecule has 0 saturated heterocycles. The minimum Gasteiger partial charge on any atom is -0.361 e. The molecular weight excluding hydrogens is 484 g/mol. The minimum atomic E-state index is -4.54. The quantitative estimate of drug-likeness (QED) is 0.442. The van der Waals surface area contributed by atoms with Gasteiger partial charge in [0.2, 0.25) is 5.96 Å². The van der Waals surface area contributed by atoms with E-state index < -0.39 is 29.6 Å². The van der Waals surface area contributed by atoms with Crippen LogP contribution in [0.25, 0.3) is 5.70 Å². The number of allylic oxidation sites excluding steroid dienone is 2. The summed E-state index contributed by atoms with van der Waals surface area (Å²) in [6.07, 6.45) is -6.55. The number of nitrogens with one attached hydrogen (secondary N) is 3. The topological polar surface area (TPSA) is 60.8 Å². The van der Waals surface area contributed by atoms with Crippen molar-refractivity contribution in [2.75, 3.05) is 11.9 Å². The van der Waals surface area contributed by atoms with Crippen molar-refractivity contribution in [2.45, 2.75) is 32.4 Å². The lowest BCUT2D eigenvalue weighted by Crippen LogP contribution is -2.52. The molecule has 0 saturated carbocycles. The Morgan fingerprint density at radius 2 is 1.61 bits per heavy atom. The third kappa shape index (κ3) is 5.72. The number of dihydropyridines is 1. The molecule has 2 heterocycles. The van der Waals surface area contributed by atoms with Gasteiger partial charge in [-0.25, -0.2) is 0 Å². The summed E-state index contributed by atoms with van der Waals surface area (Å²) in [6, 6.07) is 9.71. The van der Waals surface area contributed by atoms with Gasteiger partial charge >= 0.3 is 12.4 Å². The Hall–Kier alpha value is -3.76. The van der Waals surface area contributed by atoms with Crippen molar-refractivity contribution in [3.63, 3.8) is 0 Å². The highest BCUT2D eigenvalue weighted by Crippen LogP contribution is 2.35. The van der Waals surface area contributed by atoms with Crippen molar-refractivity contribution in [1.82, 2.24) is 10.6 Å². The summed E-state index contributed by atoms with van der Waals surface area (Å²) in [5.74, 6) is 0.789. The van der Waals surface area contributed by atoms with Gasteiger partial charge in [0.15, 0.2) is 0 Å². The number of anilines is 1. The molecule has 11 heteroatoms. The second kappa shape index (κ2) is 9.71. The second-order valence-electron chi connectivity index (χ2n) is 8.69. The Balaban J connectivity index is 1.69. The van der Waals surface area contributed by atoms with Crippen LogP contribution in [0.15, 0.2) is 76.2 Å². The van der Waals surface area contributed by atoms with E-state index in [0.29, 0.717) is 23.6 Å². The Morgan fingerprint density at radius 3 is 2.25 bits per heavy atom. The number of alkyl halides is 6. The molecule has 2 aromatic carbocycles. The molecule has 5 nitrogen and oxygen atoms in total. The van der Waals surface area contributed by atoms with Gasteiger partial charge in [0, 0.05) is 29.1 Å². The Bertz CT molecular complexity index is 1240. The number of guanidine groups is 1.